The average Bonchev–Trinajstić information content (AvgIpc) is 2.13. The van der Waals surface area contributed by atoms with Crippen molar-refractivity contribution in [3.8, 4) is 0 Å². The van der Waals surface area contributed by atoms with Gasteiger partial charge in [0.05, 0.1) is 0 Å². The Morgan fingerprint density at radius 2 is 1.53 bits per heavy atom. The molecule has 0 saturated heterocycles. The molecule has 0 fully saturated rings. The first kappa shape index (κ1) is 10.7. The highest BCUT2D eigenvalue weighted by atomic mass is 14.4. The summed E-state index contributed by atoms with van der Waals surface area (Å²) < 4.78 is 0. The first-order valence-electron chi connectivity index (χ1n) is 5.95. The fourth-order valence-electron chi connectivity index (χ4n) is 3.01. The molecule has 1 aromatic rings. The van der Waals surface area contributed by atoms with E-state index < -0.39 is 0 Å². The van der Waals surface area contributed by atoms with Crippen molar-refractivity contribution in [2.24, 2.45) is 0 Å². The number of benzene rings is 1. The monoisotopic (exact) mass is 202 g/mol. The lowest BCUT2D eigenvalue weighted by Gasteiger charge is -2.42. The third-order valence-electron chi connectivity index (χ3n) is 4.05. The van der Waals surface area contributed by atoms with E-state index in [0.717, 1.165) is 0 Å². The highest BCUT2D eigenvalue weighted by Crippen LogP contribution is 2.46. The zero-order valence-corrected chi connectivity index (χ0v) is 10.6. The number of hydrogen-bond donors (Lipinski definition) is 0. The van der Waals surface area contributed by atoms with Crippen LogP contribution in [-0.2, 0) is 10.8 Å². The van der Waals surface area contributed by atoms with Crippen LogP contribution >= 0.6 is 0 Å². The van der Waals surface area contributed by atoms with Gasteiger partial charge in [-0.2, -0.15) is 0 Å². The Labute approximate surface area is 93.7 Å². The van der Waals surface area contributed by atoms with Gasteiger partial charge in [0.15, 0.2) is 0 Å². The number of aryl methyl sites for hydroxylation is 1. The predicted octanol–water partition coefficient (Wildman–Crippen LogP) is 4.34. The maximum absolute atomic E-state index is 2.38. The van der Waals surface area contributed by atoms with Gasteiger partial charge in [-0.3, -0.25) is 0 Å². The van der Waals surface area contributed by atoms with Crippen LogP contribution in [-0.4, -0.2) is 0 Å². The maximum atomic E-state index is 2.38. The molecule has 0 aliphatic heterocycles. The standard InChI is InChI=1S/C15H22/c1-11-7-6-8-12-13(11)15(4,5)10-9-14(12,2)3/h6-8H,9-10H2,1-5H3. The van der Waals surface area contributed by atoms with E-state index in [0.29, 0.717) is 10.8 Å². The van der Waals surface area contributed by atoms with E-state index in [2.05, 4.69) is 52.8 Å². The van der Waals surface area contributed by atoms with Gasteiger partial charge in [0.25, 0.3) is 0 Å². The molecule has 0 heterocycles. The van der Waals surface area contributed by atoms with E-state index in [1.54, 1.807) is 11.1 Å². The van der Waals surface area contributed by atoms with Gasteiger partial charge in [-0.1, -0.05) is 45.9 Å². The van der Waals surface area contributed by atoms with Gasteiger partial charge in [0.2, 0.25) is 0 Å². The van der Waals surface area contributed by atoms with Crippen molar-refractivity contribution >= 4 is 0 Å². The van der Waals surface area contributed by atoms with Crippen LogP contribution in [0, 0.1) is 6.92 Å². The Kier molecular flexibility index (Phi) is 2.22. The Hall–Kier alpha value is -0.780. The summed E-state index contributed by atoms with van der Waals surface area (Å²) in [5.41, 5.74) is 5.35. The van der Waals surface area contributed by atoms with Crippen molar-refractivity contribution in [3.05, 3.63) is 34.9 Å². The first-order chi connectivity index (χ1) is 6.84. The lowest BCUT2D eigenvalue weighted by atomic mass is 9.62. The van der Waals surface area contributed by atoms with Crippen LogP contribution in [0.4, 0.5) is 0 Å². The van der Waals surface area contributed by atoms with Gasteiger partial charge in [0.1, 0.15) is 0 Å². The second kappa shape index (κ2) is 3.10. The van der Waals surface area contributed by atoms with Gasteiger partial charge in [-0.15, -0.1) is 0 Å². The van der Waals surface area contributed by atoms with Gasteiger partial charge in [0, 0.05) is 0 Å². The molecule has 1 aliphatic carbocycles. The molecule has 0 N–H and O–H groups in total. The smallest absolute Gasteiger partial charge is 0.00977 e. The quantitative estimate of drug-likeness (QED) is 0.587. The van der Waals surface area contributed by atoms with Crippen LogP contribution in [0.1, 0.15) is 57.2 Å². The Morgan fingerprint density at radius 3 is 2.13 bits per heavy atom. The second-order valence-electron chi connectivity index (χ2n) is 6.27. The van der Waals surface area contributed by atoms with Crippen LogP contribution in [0.15, 0.2) is 18.2 Å². The van der Waals surface area contributed by atoms with Crippen molar-refractivity contribution < 1.29 is 0 Å². The highest BCUT2D eigenvalue weighted by Gasteiger charge is 2.37. The molecule has 0 spiro atoms. The van der Waals surface area contributed by atoms with Crippen molar-refractivity contribution in [2.45, 2.75) is 58.3 Å². The maximum Gasteiger partial charge on any atom is -0.00977 e. The van der Waals surface area contributed by atoms with Crippen molar-refractivity contribution in [1.29, 1.82) is 0 Å². The number of hydrogen-bond acceptors (Lipinski definition) is 0. The van der Waals surface area contributed by atoms with E-state index in [-0.39, 0.29) is 0 Å². The molecule has 82 valence electrons. The minimum atomic E-state index is 0.357. The summed E-state index contributed by atoms with van der Waals surface area (Å²) in [7, 11) is 0. The van der Waals surface area contributed by atoms with Crippen molar-refractivity contribution in [3.63, 3.8) is 0 Å². The molecule has 1 aliphatic rings. The number of fused-ring (bicyclic) bond motifs is 1. The summed E-state index contributed by atoms with van der Waals surface area (Å²) in [6.07, 6.45) is 2.61. The second-order valence-corrected chi connectivity index (χ2v) is 6.27. The summed E-state index contributed by atoms with van der Waals surface area (Å²) in [4.78, 5) is 0. The van der Waals surface area contributed by atoms with Crippen molar-refractivity contribution in [2.75, 3.05) is 0 Å². The van der Waals surface area contributed by atoms with Gasteiger partial charge < -0.3 is 0 Å². The lowest BCUT2D eigenvalue weighted by Crippen LogP contribution is -2.34. The zero-order chi connectivity index (χ0) is 11.3. The average molecular weight is 202 g/mol. The summed E-state index contributed by atoms with van der Waals surface area (Å²) in [5.74, 6) is 0. The van der Waals surface area contributed by atoms with Crippen LogP contribution in [0.5, 0.6) is 0 Å². The molecule has 0 atom stereocenters. The van der Waals surface area contributed by atoms with Gasteiger partial charge in [-0.05, 0) is 47.3 Å². The SMILES string of the molecule is Cc1cccc2c1C(C)(C)CCC2(C)C. The van der Waals surface area contributed by atoms with Gasteiger partial charge >= 0.3 is 0 Å². The normalized spacial score (nSPS) is 22.2. The van der Waals surface area contributed by atoms with Crippen LogP contribution in [0.25, 0.3) is 0 Å². The van der Waals surface area contributed by atoms with Crippen molar-refractivity contribution in [1.82, 2.24) is 0 Å². The van der Waals surface area contributed by atoms with Gasteiger partial charge in [-0.25, -0.2) is 0 Å². The molecule has 1 aromatic carbocycles. The van der Waals surface area contributed by atoms with E-state index in [4.69, 9.17) is 0 Å². The molecule has 2 rings (SSSR count). The molecule has 0 radical (unpaired) electrons. The fourth-order valence-corrected chi connectivity index (χ4v) is 3.01. The molecule has 0 aromatic heterocycles. The largest absolute Gasteiger partial charge is 0.0617 e. The zero-order valence-electron chi connectivity index (χ0n) is 10.6. The summed E-state index contributed by atoms with van der Waals surface area (Å²) in [5, 5.41) is 0. The molecular formula is C15H22. The van der Waals surface area contributed by atoms with E-state index in [1.807, 2.05) is 0 Å². The highest BCUT2D eigenvalue weighted by molar-refractivity contribution is 5.45. The first-order valence-corrected chi connectivity index (χ1v) is 5.95. The minimum Gasteiger partial charge on any atom is -0.0617 e. The van der Waals surface area contributed by atoms with E-state index >= 15 is 0 Å². The summed E-state index contributed by atoms with van der Waals surface area (Å²) >= 11 is 0. The van der Waals surface area contributed by atoms with E-state index in [1.165, 1.54) is 18.4 Å². The molecule has 15 heavy (non-hydrogen) atoms. The number of rotatable bonds is 0. The molecule has 0 saturated carbocycles. The van der Waals surface area contributed by atoms with Crippen LogP contribution < -0.4 is 0 Å². The van der Waals surface area contributed by atoms with Crippen LogP contribution in [0.2, 0.25) is 0 Å². The molecule has 0 bridgehead atoms. The summed E-state index contributed by atoms with van der Waals surface area (Å²) in [6.45, 7) is 11.8. The Balaban J connectivity index is 2.70. The Bertz CT molecular complexity index is 383. The topological polar surface area (TPSA) is 0 Å². The van der Waals surface area contributed by atoms with Crippen LogP contribution in [0.3, 0.4) is 0 Å². The Morgan fingerprint density at radius 1 is 0.933 bits per heavy atom. The molecular weight excluding hydrogens is 180 g/mol. The lowest BCUT2D eigenvalue weighted by molar-refractivity contribution is 0.330. The summed E-state index contributed by atoms with van der Waals surface area (Å²) in [6, 6.07) is 6.78. The van der Waals surface area contributed by atoms with E-state index in [9.17, 15) is 0 Å². The minimum absolute atomic E-state index is 0.357. The third-order valence-corrected chi connectivity index (χ3v) is 4.05. The molecule has 0 unspecified atom stereocenters. The third kappa shape index (κ3) is 1.60. The molecule has 0 amide bonds. The fraction of sp³-hybridized carbons (Fsp3) is 0.600. The molecule has 0 heteroatoms. The predicted molar refractivity (Wildman–Crippen MR) is 66.5 cm³/mol. The molecule has 0 nitrogen and oxygen atoms in total.